The highest BCUT2D eigenvalue weighted by Crippen LogP contribution is 2.15. The molecule has 2 aromatic rings. The molecule has 5 nitrogen and oxygen atoms in total. The molecule has 1 aromatic heterocycles. The van der Waals surface area contributed by atoms with Crippen molar-refractivity contribution >= 4 is 33.4 Å². The summed E-state index contributed by atoms with van der Waals surface area (Å²) in [6.45, 7) is 0. The van der Waals surface area contributed by atoms with Gasteiger partial charge in [0.1, 0.15) is 5.69 Å². The molecule has 0 aliphatic rings. The number of hydrogen-bond donors (Lipinski definition) is 2. The van der Waals surface area contributed by atoms with Crippen molar-refractivity contribution in [1.82, 2.24) is 4.98 Å². The van der Waals surface area contributed by atoms with Crippen LogP contribution in [0.1, 0.15) is 20.8 Å². The number of para-hydroxylation sites is 1. The Morgan fingerprint density at radius 1 is 1.16 bits per heavy atom. The Balaban J connectivity index is 2.24. The number of halogens is 1. The first kappa shape index (κ1) is 13.2. The van der Waals surface area contributed by atoms with E-state index in [-0.39, 0.29) is 11.3 Å². The fourth-order valence-corrected chi connectivity index (χ4v) is 1.74. The van der Waals surface area contributed by atoms with Gasteiger partial charge in [-0.15, -0.1) is 0 Å². The summed E-state index contributed by atoms with van der Waals surface area (Å²) in [5, 5.41) is 2.61. The minimum absolute atomic E-state index is 0.252. The number of carbonyl (C=O) groups excluding carboxylic acids is 2. The lowest BCUT2D eigenvalue weighted by Gasteiger charge is -2.08. The molecule has 0 aliphatic carbocycles. The average Bonchev–Trinajstić information content (AvgIpc) is 2.39. The standard InChI is InChI=1S/C13H10BrN3O2/c14-8-5-6-11(16-7-8)13(19)17-10-4-2-1-3-9(10)12(15)18/h1-7H,(H2,15,18)(H,17,19). The number of benzene rings is 1. The molecule has 1 aromatic carbocycles. The summed E-state index contributed by atoms with van der Waals surface area (Å²) in [5.74, 6) is -0.999. The van der Waals surface area contributed by atoms with Gasteiger partial charge in [0.2, 0.25) is 0 Å². The second-order valence-electron chi connectivity index (χ2n) is 3.73. The molecule has 6 heteroatoms. The molecule has 0 spiro atoms. The Hall–Kier alpha value is -2.21. The molecule has 2 amide bonds. The van der Waals surface area contributed by atoms with E-state index in [1.807, 2.05) is 0 Å². The lowest BCUT2D eigenvalue weighted by molar-refractivity contribution is 0.100. The molecule has 96 valence electrons. The second-order valence-corrected chi connectivity index (χ2v) is 4.64. The van der Waals surface area contributed by atoms with E-state index in [2.05, 4.69) is 26.2 Å². The van der Waals surface area contributed by atoms with Crippen LogP contribution in [0.2, 0.25) is 0 Å². The minimum Gasteiger partial charge on any atom is -0.366 e. The summed E-state index contributed by atoms with van der Waals surface area (Å²) >= 11 is 3.24. The molecule has 0 atom stereocenters. The van der Waals surface area contributed by atoms with Gasteiger partial charge in [0.25, 0.3) is 11.8 Å². The van der Waals surface area contributed by atoms with Crippen molar-refractivity contribution in [2.75, 3.05) is 5.32 Å². The van der Waals surface area contributed by atoms with Gasteiger partial charge in [-0.25, -0.2) is 4.98 Å². The predicted molar refractivity (Wildman–Crippen MR) is 74.9 cm³/mol. The highest BCUT2D eigenvalue weighted by atomic mass is 79.9. The van der Waals surface area contributed by atoms with Crippen molar-refractivity contribution < 1.29 is 9.59 Å². The number of nitrogens with two attached hydrogens (primary N) is 1. The third kappa shape index (κ3) is 3.17. The summed E-state index contributed by atoms with van der Waals surface area (Å²) in [4.78, 5) is 27.2. The predicted octanol–water partition coefficient (Wildman–Crippen LogP) is 2.20. The first-order valence-electron chi connectivity index (χ1n) is 5.39. The zero-order valence-electron chi connectivity index (χ0n) is 9.76. The van der Waals surface area contributed by atoms with Crippen LogP contribution in [-0.2, 0) is 0 Å². The normalized spacial score (nSPS) is 9.95. The van der Waals surface area contributed by atoms with Gasteiger partial charge in [-0.2, -0.15) is 0 Å². The number of aromatic nitrogens is 1. The Bertz CT molecular complexity index is 626. The van der Waals surface area contributed by atoms with Crippen LogP contribution in [0.5, 0.6) is 0 Å². The molecule has 19 heavy (non-hydrogen) atoms. The number of nitrogens with one attached hydrogen (secondary N) is 1. The van der Waals surface area contributed by atoms with Crippen LogP contribution in [-0.4, -0.2) is 16.8 Å². The summed E-state index contributed by atoms with van der Waals surface area (Å²) < 4.78 is 0.779. The van der Waals surface area contributed by atoms with E-state index in [1.165, 1.54) is 6.20 Å². The van der Waals surface area contributed by atoms with E-state index in [0.717, 1.165) is 4.47 Å². The van der Waals surface area contributed by atoms with E-state index < -0.39 is 11.8 Å². The maximum absolute atomic E-state index is 12.0. The molecule has 0 fully saturated rings. The molecule has 1 heterocycles. The van der Waals surface area contributed by atoms with Gasteiger partial charge in [-0.1, -0.05) is 12.1 Å². The summed E-state index contributed by atoms with van der Waals surface area (Å²) in [6.07, 6.45) is 1.52. The van der Waals surface area contributed by atoms with Gasteiger partial charge < -0.3 is 11.1 Å². The van der Waals surface area contributed by atoms with E-state index in [9.17, 15) is 9.59 Å². The summed E-state index contributed by atoms with van der Waals surface area (Å²) in [6, 6.07) is 9.82. The Morgan fingerprint density at radius 2 is 1.89 bits per heavy atom. The first-order chi connectivity index (χ1) is 9.08. The van der Waals surface area contributed by atoms with Crippen LogP contribution in [0.3, 0.4) is 0 Å². The number of hydrogen-bond acceptors (Lipinski definition) is 3. The van der Waals surface area contributed by atoms with Gasteiger partial charge in [0, 0.05) is 10.7 Å². The molecule has 0 unspecified atom stereocenters. The molecular weight excluding hydrogens is 310 g/mol. The first-order valence-corrected chi connectivity index (χ1v) is 6.19. The fraction of sp³-hybridized carbons (Fsp3) is 0. The minimum atomic E-state index is -0.598. The van der Waals surface area contributed by atoms with Crippen molar-refractivity contribution in [1.29, 1.82) is 0 Å². The number of carbonyl (C=O) groups is 2. The molecule has 0 radical (unpaired) electrons. The van der Waals surface area contributed by atoms with Gasteiger partial charge in [0.15, 0.2) is 0 Å². The van der Waals surface area contributed by atoms with Gasteiger partial charge in [0.05, 0.1) is 11.3 Å². The third-order valence-electron chi connectivity index (χ3n) is 2.40. The molecular formula is C13H10BrN3O2. The van der Waals surface area contributed by atoms with Crippen molar-refractivity contribution in [3.05, 3.63) is 58.3 Å². The van der Waals surface area contributed by atoms with Gasteiger partial charge >= 0.3 is 0 Å². The molecule has 3 N–H and O–H groups in total. The lowest BCUT2D eigenvalue weighted by atomic mass is 10.1. The van der Waals surface area contributed by atoms with Crippen LogP contribution < -0.4 is 11.1 Å². The quantitative estimate of drug-likeness (QED) is 0.909. The maximum atomic E-state index is 12.0. The number of rotatable bonds is 3. The average molecular weight is 320 g/mol. The number of nitrogens with zero attached hydrogens (tertiary/aromatic N) is 1. The smallest absolute Gasteiger partial charge is 0.274 e. The van der Waals surface area contributed by atoms with Crippen molar-refractivity contribution in [2.24, 2.45) is 5.73 Å². The summed E-state index contributed by atoms with van der Waals surface area (Å²) in [7, 11) is 0. The largest absolute Gasteiger partial charge is 0.366 e. The van der Waals surface area contributed by atoms with Crippen LogP contribution in [0, 0.1) is 0 Å². The number of primary amides is 1. The van der Waals surface area contributed by atoms with Crippen molar-refractivity contribution in [3.8, 4) is 0 Å². The third-order valence-corrected chi connectivity index (χ3v) is 2.87. The molecule has 0 saturated heterocycles. The van der Waals surface area contributed by atoms with E-state index >= 15 is 0 Å². The zero-order chi connectivity index (χ0) is 13.8. The highest BCUT2D eigenvalue weighted by Gasteiger charge is 2.12. The van der Waals surface area contributed by atoms with Crippen LogP contribution in [0.4, 0.5) is 5.69 Å². The molecule has 0 bridgehead atoms. The Morgan fingerprint density at radius 3 is 2.53 bits per heavy atom. The molecule has 0 saturated carbocycles. The second kappa shape index (κ2) is 5.62. The number of anilines is 1. The van der Waals surface area contributed by atoms with Crippen molar-refractivity contribution in [2.45, 2.75) is 0 Å². The van der Waals surface area contributed by atoms with E-state index in [1.54, 1.807) is 36.4 Å². The van der Waals surface area contributed by atoms with E-state index in [4.69, 9.17) is 5.73 Å². The van der Waals surface area contributed by atoms with Crippen LogP contribution >= 0.6 is 15.9 Å². The van der Waals surface area contributed by atoms with Gasteiger partial charge in [-0.05, 0) is 40.2 Å². The Kier molecular flexibility index (Phi) is 3.91. The molecule has 0 aliphatic heterocycles. The van der Waals surface area contributed by atoms with Crippen molar-refractivity contribution in [3.63, 3.8) is 0 Å². The van der Waals surface area contributed by atoms with E-state index in [0.29, 0.717) is 5.69 Å². The highest BCUT2D eigenvalue weighted by molar-refractivity contribution is 9.10. The summed E-state index contributed by atoms with van der Waals surface area (Å²) in [5.41, 5.74) is 6.11. The zero-order valence-corrected chi connectivity index (χ0v) is 11.3. The SMILES string of the molecule is NC(=O)c1ccccc1NC(=O)c1ccc(Br)cn1. The van der Waals surface area contributed by atoms with Gasteiger partial charge in [-0.3, -0.25) is 9.59 Å². The Labute approximate surface area is 118 Å². The topological polar surface area (TPSA) is 85.1 Å². The monoisotopic (exact) mass is 319 g/mol. The number of amides is 2. The fourth-order valence-electron chi connectivity index (χ4n) is 1.50. The van der Waals surface area contributed by atoms with Crippen LogP contribution in [0.15, 0.2) is 47.1 Å². The van der Waals surface area contributed by atoms with Crippen LogP contribution in [0.25, 0.3) is 0 Å². The molecule has 2 rings (SSSR count). The number of pyridine rings is 1. The maximum Gasteiger partial charge on any atom is 0.274 e. The lowest BCUT2D eigenvalue weighted by Crippen LogP contribution is -2.18.